The monoisotopic (exact) mass is 457 g/mol. The van der Waals surface area contributed by atoms with Crippen LogP contribution in [0, 0.1) is 0 Å². The lowest BCUT2D eigenvalue weighted by molar-refractivity contribution is -0.141. The molecule has 1 heterocycles. The lowest BCUT2D eigenvalue weighted by Crippen LogP contribution is -2.20. The summed E-state index contributed by atoms with van der Waals surface area (Å²) < 4.78 is 69.7. The Morgan fingerprint density at radius 1 is 1.10 bits per heavy atom. The molecule has 31 heavy (non-hydrogen) atoms. The molecular formula is C20H16F5N3O2S. The van der Waals surface area contributed by atoms with E-state index in [0.717, 1.165) is 16.3 Å². The number of benzene rings is 2. The molecule has 3 aromatic rings. The number of nitrogens with zero attached hydrogens (tertiary/aromatic N) is 2. The molecule has 0 aliphatic carbocycles. The molecule has 0 spiro atoms. The number of halogens is 5. The van der Waals surface area contributed by atoms with Crippen LogP contribution in [0.3, 0.4) is 0 Å². The number of amides is 1. The minimum Gasteiger partial charge on any atom is -0.433 e. The Morgan fingerprint density at radius 2 is 1.77 bits per heavy atom. The van der Waals surface area contributed by atoms with E-state index >= 15 is 0 Å². The van der Waals surface area contributed by atoms with Crippen molar-refractivity contribution in [3.05, 3.63) is 60.8 Å². The SMILES string of the molecule is O=C(CSc1ncc(-c2ccccc2)n1CC(F)(F)F)Nc1ccccc1OC(F)F. The number of nitrogens with one attached hydrogen (secondary N) is 1. The van der Waals surface area contributed by atoms with Crippen molar-refractivity contribution in [2.45, 2.75) is 24.5 Å². The van der Waals surface area contributed by atoms with Crippen LogP contribution in [0.1, 0.15) is 0 Å². The summed E-state index contributed by atoms with van der Waals surface area (Å²) in [6.07, 6.45) is -3.18. The van der Waals surface area contributed by atoms with Crippen molar-refractivity contribution >= 4 is 23.4 Å². The minimum atomic E-state index is -4.49. The van der Waals surface area contributed by atoms with Gasteiger partial charge in [0, 0.05) is 0 Å². The van der Waals surface area contributed by atoms with Gasteiger partial charge in [-0.25, -0.2) is 4.98 Å². The second kappa shape index (κ2) is 9.82. The maximum Gasteiger partial charge on any atom is 0.406 e. The highest BCUT2D eigenvalue weighted by atomic mass is 32.2. The zero-order valence-corrected chi connectivity index (χ0v) is 16.6. The van der Waals surface area contributed by atoms with Crippen molar-refractivity contribution in [3.63, 3.8) is 0 Å². The lowest BCUT2D eigenvalue weighted by atomic mass is 10.2. The number of ether oxygens (including phenoxy) is 1. The third-order valence-corrected chi connectivity index (χ3v) is 4.93. The number of hydrogen-bond acceptors (Lipinski definition) is 4. The van der Waals surface area contributed by atoms with E-state index in [2.05, 4.69) is 15.0 Å². The number of imidazole rings is 1. The summed E-state index contributed by atoms with van der Waals surface area (Å²) in [5, 5.41) is 2.42. The predicted molar refractivity (Wildman–Crippen MR) is 106 cm³/mol. The topological polar surface area (TPSA) is 56.2 Å². The smallest absolute Gasteiger partial charge is 0.406 e. The average molecular weight is 457 g/mol. The second-order valence-electron chi connectivity index (χ2n) is 6.20. The van der Waals surface area contributed by atoms with Crippen LogP contribution in [0.2, 0.25) is 0 Å². The lowest BCUT2D eigenvalue weighted by Gasteiger charge is -2.14. The first-order valence-corrected chi connectivity index (χ1v) is 9.85. The number of anilines is 1. The maximum atomic E-state index is 13.1. The molecule has 0 aliphatic heterocycles. The summed E-state index contributed by atoms with van der Waals surface area (Å²) in [6.45, 7) is -4.34. The van der Waals surface area contributed by atoms with Crippen molar-refractivity contribution in [1.82, 2.24) is 9.55 Å². The Hall–Kier alpha value is -3.08. The normalized spacial score (nSPS) is 11.5. The number of para-hydroxylation sites is 2. The molecule has 0 saturated carbocycles. The molecule has 1 N–H and O–H groups in total. The Bertz CT molecular complexity index is 1030. The highest BCUT2D eigenvalue weighted by molar-refractivity contribution is 7.99. The van der Waals surface area contributed by atoms with E-state index in [1.54, 1.807) is 30.3 Å². The van der Waals surface area contributed by atoms with Crippen molar-refractivity contribution in [3.8, 4) is 17.0 Å². The summed E-state index contributed by atoms with van der Waals surface area (Å²) in [7, 11) is 0. The summed E-state index contributed by atoms with van der Waals surface area (Å²) in [4.78, 5) is 16.3. The third kappa shape index (κ3) is 6.45. The molecule has 11 heteroatoms. The number of hydrogen-bond donors (Lipinski definition) is 1. The van der Waals surface area contributed by atoms with Gasteiger partial charge in [0.2, 0.25) is 5.91 Å². The van der Waals surface area contributed by atoms with E-state index in [4.69, 9.17) is 0 Å². The molecule has 164 valence electrons. The Kier molecular flexibility index (Phi) is 7.16. The molecule has 3 rings (SSSR count). The van der Waals surface area contributed by atoms with E-state index in [1.165, 1.54) is 30.5 Å². The van der Waals surface area contributed by atoms with Gasteiger partial charge < -0.3 is 14.6 Å². The summed E-state index contributed by atoms with van der Waals surface area (Å²) >= 11 is 0.801. The van der Waals surface area contributed by atoms with E-state index < -0.39 is 25.2 Å². The molecule has 0 bridgehead atoms. The molecule has 1 aromatic heterocycles. The number of rotatable bonds is 8. The number of carbonyl (C=O) groups excluding carboxylic acids is 1. The first-order chi connectivity index (χ1) is 14.7. The molecule has 0 radical (unpaired) electrons. The van der Waals surface area contributed by atoms with Gasteiger partial charge in [0.15, 0.2) is 5.16 Å². The summed E-state index contributed by atoms with van der Waals surface area (Å²) in [5.41, 5.74) is 0.835. The zero-order chi connectivity index (χ0) is 22.4. The molecule has 0 aliphatic rings. The van der Waals surface area contributed by atoms with Gasteiger partial charge in [0.05, 0.1) is 23.3 Å². The Balaban J connectivity index is 1.74. The first kappa shape index (κ1) is 22.6. The largest absolute Gasteiger partial charge is 0.433 e. The fourth-order valence-corrected chi connectivity index (χ4v) is 3.51. The van der Waals surface area contributed by atoms with Gasteiger partial charge >= 0.3 is 12.8 Å². The Labute approximate surface area is 178 Å². The quantitative estimate of drug-likeness (QED) is 0.361. The van der Waals surface area contributed by atoms with Crippen molar-refractivity contribution in [2.75, 3.05) is 11.1 Å². The molecule has 1 amide bonds. The van der Waals surface area contributed by atoms with Crippen LogP contribution >= 0.6 is 11.8 Å². The van der Waals surface area contributed by atoms with Crippen LogP contribution in [-0.2, 0) is 11.3 Å². The van der Waals surface area contributed by atoms with Gasteiger partial charge in [-0.3, -0.25) is 4.79 Å². The molecule has 2 aromatic carbocycles. The minimum absolute atomic E-state index is 0.00319. The van der Waals surface area contributed by atoms with Gasteiger partial charge in [-0.05, 0) is 17.7 Å². The third-order valence-electron chi connectivity index (χ3n) is 3.94. The van der Waals surface area contributed by atoms with E-state index in [-0.39, 0.29) is 28.0 Å². The maximum absolute atomic E-state index is 13.1. The molecule has 0 fully saturated rings. The fourth-order valence-electron chi connectivity index (χ4n) is 2.73. The average Bonchev–Trinajstić information content (AvgIpc) is 3.09. The number of thioether (sulfide) groups is 1. The van der Waals surface area contributed by atoms with Crippen molar-refractivity contribution < 1.29 is 31.5 Å². The predicted octanol–water partition coefficient (Wildman–Crippen LogP) is 5.44. The summed E-state index contributed by atoms with van der Waals surface area (Å²) in [6, 6.07) is 14.1. The Morgan fingerprint density at radius 3 is 2.45 bits per heavy atom. The number of carbonyl (C=O) groups is 1. The molecule has 0 atom stereocenters. The van der Waals surface area contributed by atoms with Gasteiger partial charge in [-0.2, -0.15) is 22.0 Å². The fraction of sp³-hybridized carbons (Fsp3) is 0.200. The van der Waals surface area contributed by atoms with Gasteiger partial charge in [-0.15, -0.1) is 0 Å². The van der Waals surface area contributed by atoms with Crippen LogP contribution in [-0.4, -0.2) is 34.0 Å². The van der Waals surface area contributed by atoms with Gasteiger partial charge in [0.1, 0.15) is 12.3 Å². The summed E-state index contributed by atoms with van der Waals surface area (Å²) in [5.74, 6) is -1.12. The molecular weight excluding hydrogens is 441 g/mol. The first-order valence-electron chi connectivity index (χ1n) is 8.87. The van der Waals surface area contributed by atoms with Gasteiger partial charge in [0.25, 0.3) is 0 Å². The molecule has 5 nitrogen and oxygen atoms in total. The van der Waals surface area contributed by atoms with Crippen LogP contribution in [0.5, 0.6) is 5.75 Å². The van der Waals surface area contributed by atoms with Crippen LogP contribution in [0.15, 0.2) is 66.0 Å². The highest BCUT2D eigenvalue weighted by Gasteiger charge is 2.31. The van der Waals surface area contributed by atoms with Crippen LogP contribution in [0.25, 0.3) is 11.3 Å². The number of aromatic nitrogens is 2. The van der Waals surface area contributed by atoms with Crippen LogP contribution in [0.4, 0.5) is 27.6 Å². The zero-order valence-electron chi connectivity index (χ0n) is 15.8. The van der Waals surface area contributed by atoms with E-state index in [1.807, 2.05) is 0 Å². The van der Waals surface area contributed by atoms with E-state index in [9.17, 15) is 26.7 Å². The van der Waals surface area contributed by atoms with E-state index in [0.29, 0.717) is 5.56 Å². The molecule has 0 saturated heterocycles. The highest BCUT2D eigenvalue weighted by Crippen LogP contribution is 2.30. The number of alkyl halides is 5. The molecule has 0 unspecified atom stereocenters. The second-order valence-corrected chi connectivity index (χ2v) is 7.15. The van der Waals surface area contributed by atoms with Crippen molar-refractivity contribution in [2.24, 2.45) is 0 Å². The van der Waals surface area contributed by atoms with Gasteiger partial charge in [-0.1, -0.05) is 54.2 Å². The van der Waals surface area contributed by atoms with Crippen molar-refractivity contribution in [1.29, 1.82) is 0 Å². The standard InChI is InChI=1S/C20H16F5N3O2S/c21-18(22)30-16-9-5-4-8-14(16)27-17(29)11-31-19-26-10-15(13-6-2-1-3-7-13)28(19)12-20(23,24)25/h1-10,18H,11-12H2,(H,27,29). The van der Waals surface area contributed by atoms with Crippen LogP contribution < -0.4 is 10.1 Å².